The summed E-state index contributed by atoms with van der Waals surface area (Å²) in [6, 6.07) is -0.718. The molecule has 0 aliphatic carbocycles. The largest absolute Gasteiger partial charge is 0.466 e. The minimum absolute atomic E-state index is 0. The van der Waals surface area contributed by atoms with E-state index in [9.17, 15) is 4.79 Å². The van der Waals surface area contributed by atoms with Crippen LogP contribution in [-0.4, -0.2) is 35.4 Å². The van der Waals surface area contributed by atoms with Crippen molar-refractivity contribution in [2.24, 2.45) is 11.6 Å². The Morgan fingerprint density at radius 1 is 0.833 bits per heavy atom. The summed E-state index contributed by atoms with van der Waals surface area (Å²) in [5, 5.41) is 0. The maximum absolute atomic E-state index is 9.35. The Labute approximate surface area is 101 Å². The van der Waals surface area contributed by atoms with Crippen LogP contribution in [0.1, 0.15) is 0 Å². The summed E-state index contributed by atoms with van der Waals surface area (Å²) >= 11 is 0. The Kier molecular flexibility index (Phi) is 32.7. The maximum atomic E-state index is 9.35. The van der Waals surface area contributed by atoms with Gasteiger partial charge in [0.25, 0.3) is 0 Å². The van der Waals surface area contributed by atoms with Crippen LogP contribution in [0.15, 0.2) is 0 Å². The molecule has 0 aliphatic rings. The monoisotopic (exact) mass is 322 g/mol. The Bertz CT molecular complexity index is 221. The van der Waals surface area contributed by atoms with Gasteiger partial charge in [0, 0.05) is 0 Å². The summed E-state index contributed by atoms with van der Waals surface area (Å²) in [5.74, 6) is 4.45. The van der Waals surface area contributed by atoms with Crippen LogP contribution in [0.3, 0.4) is 0 Å². The number of hydrazine groups is 1. The molecule has 0 fully saturated rings. The smallest absolute Gasteiger partial charge is 0.351 e. The van der Waals surface area contributed by atoms with Gasteiger partial charge in [-0.2, -0.15) is 0 Å². The molecular weight excluding hydrogens is 302 g/mol. The lowest BCUT2D eigenvalue weighted by atomic mass is 11.2. The van der Waals surface area contributed by atoms with Crippen LogP contribution in [0.4, 0.5) is 4.79 Å². The highest BCUT2D eigenvalue weighted by Gasteiger charge is 2.00. The first-order chi connectivity index (χ1) is 6.27. The number of amides is 2. The van der Waals surface area contributed by atoms with Crippen molar-refractivity contribution in [3.63, 3.8) is 0 Å². The van der Waals surface area contributed by atoms with E-state index in [-0.39, 0.29) is 18.5 Å². The Balaban J connectivity index is -0.0000000277. The second kappa shape index (κ2) is 16.3. The normalized spacial score (nSPS) is 8.39. The molecule has 17 heteroatoms. The lowest BCUT2D eigenvalue weighted by Gasteiger charge is -1.82. The lowest BCUT2D eigenvalue weighted by Crippen LogP contribution is -2.34. The molecule has 0 bridgehead atoms. The fourth-order valence-corrected chi connectivity index (χ4v) is 0. The average Bonchev–Trinajstić information content (AvgIpc) is 1.79. The Morgan fingerprint density at radius 2 is 0.889 bits per heavy atom. The van der Waals surface area contributed by atoms with Crippen LogP contribution in [0, 0.1) is 0 Å². The SMILES string of the molecule is N.N.N.NNC(N)=O.O=P(O)(O)O.O=P(O)(O)O. The van der Waals surface area contributed by atoms with Gasteiger partial charge in [-0.1, -0.05) is 0 Å². The maximum Gasteiger partial charge on any atom is 0.466 e. The van der Waals surface area contributed by atoms with Crippen LogP contribution in [0.25, 0.3) is 0 Å². The van der Waals surface area contributed by atoms with E-state index in [0.717, 1.165) is 0 Å². The third kappa shape index (κ3) is 1780. The van der Waals surface area contributed by atoms with E-state index in [1.165, 1.54) is 0 Å². The molecule has 15 nitrogen and oxygen atoms in total. The molecule has 0 aromatic rings. The molecule has 2 amide bonds. The highest BCUT2D eigenvalue weighted by atomic mass is 31.2. The van der Waals surface area contributed by atoms with Crippen molar-refractivity contribution in [1.29, 1.82) is 0 Å². The molecule has 0 atom stereocenters. The second-order valence-electron chi connectivity index (χ2n) is 1.54. The van der Waals surface area contributed by atoms with Gasteiger partial charge in [0.05, 0.1) is 0 Å². The van der Waals surface area contributed by atoms with Crippen LogP contribution in [-0.2, 0) is 9.13 Å². The van der Waals surface area contributed by atoms with Gasteiger partial charge in [0.15, 0.2) is 0 Å². The molecule has 0 aliphatic heterocycles. The number of primary amides is 1. The lowest BCUT2D eigenvalue weighted by molar-refractivity contribution is 0.249. The first kappa shape index (κ1) is 36.0. The van der Waals surface area contributed by atoms with Gasteiger partial charge in [-0.15, -0.1) is 0 Å². The van der Waals surface area contributed by atoms with Crippen molar-refractivity contribution in [2.45, 2.75) is 0 Å². The molecule has 0 unspecified atom stereocenters. The van der Waals surface area contributed by atoms with Crippen molar-refractivity contribution >= 4 is 21.7 Å². The molecule has 0 aromatic heterocycles. The second-order valence-corrected chi connectivity index (χ2v) is 3.59. The minimum atomic E-state index is -4.64. The molecule has 0 saturated carbocycles. The molecule has 118 valence electrons. The molecule has 0 spiro atoms. The number of carbonyl (C=O) groups excluding carboxylic acids is 1. The van der Waals surface area contributed by atoms with Crippen molar-refractivity contribution in [3.8, 4) is 0 Å². The zero-order chi connectivity index (χ0) is 13.3. The first-order valence-corrected chi connectivity index (χ1v) is 5.73. The fourth-order valence-electron chi connectivity index (χ4n) is 0. The van der Waals surface area contributed by atoms with E-state index < -0.39 is 21.7 Å². The predicted octanol–water partition coefficient (Wildman–Crippen LogP) is -2.84. The Morgan fingerprint density at radius 3 is 0.889 bits per heavy atom. The van der Waals surface area contributed by atoms with E-state index in [1.807, 2.05) is 0 Å². The number of urea groups is 1. The van der Waals surface area contributed by atoms with Gasteiger partial charge >= 0.3 is 21.7 Å². The third-order valence-corrected chi connectivity index (χ3v) is 0.142. The zero-order valence-corrected chi connectivity index (χ0v) is 10.9. The van der Waals surface area contributed by atoms with Gasteiger partial charge in [-0.05, 0) is 0 Å². The quantitative estimate of drug-likeness (QED) is 0.0924. The molecule has 0 rings (SSSR count). The average molecular weight is 322 g/mol. The van der Waals surface area contributed by atoms with Gasteiger partial charge in [0.2, 0.25) is 0 Å². The summed E-state index contributed by atoms with van der Waals surface area (Å²) in [7, 11) is -9.28. The zero-order valence-electron chi connectivity index (χ0n) is 9.08. The number of rotatable bonds is 0. The number of hydrogen-bond donors (Lipinski definition) is 12. The van der Waals surface area contributed by atoms with E-state index >= 15 is 0 Å². The van der Waals surface area contributed by atoms with E-state index in [4.69, 9.17) is 38.5 Å². The summed E-state index contributed by atoms with van der Waals surface area (Å²) in [5.41, 5.74) is 6.08. The number of hydrogen-bond acceptors (Lipinski definition) is 7. The molecule has 18 heavy (non-hydrogen) atoms. The summed E-state index contributed by atoms with van der Waals surface area (Å²) in [6.07, 6.45) is 0. The molecule has 0 saturated heterocycles. The highest BCUT2D eigenvalue weighted by Crippen LogP contribution is 2.26. The molecule has 0 aromatic carbocycles. The highest BCUT2D eigenvalue weighted by molar-refractivity contribution is 7.45. The van der Waals surface area contributed by atoms with E-state index in [0.29, 0.717) is 0 Å². The number of carbonyl (C=O) groups is 1. The fraction of sp³-hybridized carbons (Fsp3) is 0. The molecule has 20 N–H and O–H groups in total. The van der Waals surface area contributed by atoms with Crippen molar-refractivity contribution in [1.82, 2.24) is 23.9 Å². The van der Waals surface area contributed by atoms with E-state index in [1.54, 1.807) is 5.43 Å². The van der Waals surface area contributed by atoms with Gasteiger partial charge < -0.3 is 53.5 Å². The van der Waals surface area contributed by atoms with Crippen molar-refractivity contribution in [3.05, 3.63) is 0 Å². The predicted molar refractivity (Wildman–Crippen MR) is 60.5 cm³/mol. The number of phosphoric acid groups is 2. The third-order valence-electron chi connectivity index (χ3n) is 0.142. The van der Waals surface area contributed by atoms with Crippen molar-refractivity contribution in [2.75, 3.05) is 0 Å². The van der Waals surface area contributed by atoms with Gasteiger partial charge in [-0.3, -0.25) is 5.43 Å². The summed E-state index contributed by atoms with van der Waals surface area (Å²) in [6.45, 7) is 0. The van der Waals surface area contributed by atoms with Gasteiger partial charge in [0.1, 0.15) is 0 Å². The van der Waals surface area contributed by atoms with Crippen LogP contribution < -0.4 is 35.5 Å². The van der Waals surface area contributed by atoms with Crippen LogP contribution in [0.2, 0.25) is 0 Å². The first-order valence-electron chi connectivity index (χ1n) is 2.60. The number of nitrogens with one attached hydrogen (secondary N) is 1. The molecular formula is CH20N6O9P2. The topological polar surface area (TPSA) is 342 Å². The minimum Gasteiger partial charge on any atom is -0.351 e. The standard InChI is InChI=1S/CH5N3O.3H3N.2H3O4P/c2-1(5)4-3;;;;2*1-5(2,3)4/h3H2,(H3,2,4,5);3*1H3;2*(H3,1,2,3,4). The number of nitrogens with two attached hydrogens (primary N) is 2. The summed E-state index contributed by atoms with van der Waals surface area (Å²) in [4.78, 5) is 52.5. The van der Waals surface area contributed by atoms with Crippen molar-refractivity contribution < 1.29 is 43.3 Å². The van der Waals surface area contributed by atoms with E-state index in [2.05, 4.69) is 11.6 Å². The van der Waals surface area contributed by atoms with Crippen LogP contribution in [0.5, 0.6) is 0 Å². The van der Waals surface area contributed by atoms with Crippen LogP contribution >= 0.6 is 15.6 Å². The van der Waals surface area contributed by atoms with Gasteiger partial charge in [-0.25, -0.2) is 19.8 Å². The Hall–Kier alpha value is -0.670. The summed E-state index contributed by atoms with van der Waals surface area (Å²) < 4.78 is 17.8. The molecule has 0 heterocycles. The molecule has 0 radical (unpaired) electrons.